The summed E-state index contributed by atoms with van der Waals surface area (Å²) in [4.78, 5) is 12.9. The first-order chi connectivity index (χ1) is 10.1. The van der Waals surface area contributed by atoms with Crippen LogP contribution in [0.1, 0.15) is 12.5 Å². The van der Waals surface area contributed by atoms with Crippen LogP contribution >= 0.6 is 0 Å². The Morgan fingerprint density at radius 2 is 2.24 bits per heavy atom. The summed E-state index contributed by atoms with van der Waals surface area (Å²) in [5.74, 6) is 0. The highest BCUT2D eigenvalue weighted by molar-refractivity contribution is 5.68. The van der Waals surface area contributed by atoms with Gasteiger partial charge in [0.25, 0.3) is 0 Å². The molecule has 0 spiro atoms. The van der Waals surface area contributed by atoms with Crippen molar-refractivity contribution < 1.29 is 9.66 Å². The minimum absolute atomic E-state index is 0.0377. The second-order valence-electron chi connectivity index (χ2n) is 5.03. The maximum atomic E-state index is 11.2. The Bertz CT molecular complexity index is 550. The Balaban J connectivity index is 2.08. The molecule has 1 aliphatic rings. The molecular formula is C14H18N4O3. The summed E-state index contributed by atoms with van der Waals surface area (Å²) in [5.41, 5.74) is 0.303. The van der Waals surface area contributed by atoms with Crippen LogP contribution in [0.2, 0.25) is 0 Å². The molecule has 0 aliphatic carbocycles. The number of rotatable bonds is 5. The Hall–Kier alpha value is -2.17. The first-order valence-corrected chi connectivity index (χ1v) is 6.86. The molecular weight excluding hydrogens is 272 g/mol. The zero-order chi connectivity index (χ0) is 15.2. The Morgan fingerprint density at radius 3 is 2.86 bits per heavy atom. The lowest BCUT2D eigenvalue weighted by atomic mass is 10.1. The van der Waals surface area contributed by atoms with E-state index >= 15 is 0 Å². The molecule has 1 unspecified atom stereocenters. The van der Waals surface area contributed by atoms with Crippen LogP contribution in [0.4, 0.5) is 11.4 Å². The van der Waals surface area contributed by atoms with Crippen LogP contribution in [0.25, 0.3) is 0 Å². The summed E-state index contributed by atoms with van der Waals surface area (Å²) >= 11 is 0. The highest BCUT2D eigenvalue weighted by Crippen LogP contribution is 2.28. The van der Waals surface area contributed by atoms with Gasteiger partial charge in [0.05, 0.1) is 18.1 Å². The lowest BCUT2D eigenvalue weighted by Gasteiger charge is -2.29. The van der Waals surface area contributed by atoms with E-state index in [2.05, 4.69) is 10.2 Å². The summed E-state index contributed by atoms with van der Waals surface area (Å²) in [7, 11) is 0. The maximum absolute atomic E-state index is 11.2. The number of benzene rings is 1. The second kappa shape index (κ2) is 7.02. The minimum Gasteiger partial charge on any atom is -0.379 e. The van der Waals surface area contributed by atoms with Crippen molar-refractivity contribution in [2.45, 2.75) is 13.0 Å². The van der Waals surface area contributed by atoms with Crippen LogP contribution in [0.5, 0.6) is 0 Å². The van der Waals surface area contributed by atoms with Gasteiger partial charge in [-0.3, -0.25) is 15.0 Å². The van der Waals surface area contributed by atoms with Crippen molar-refractivity contribution in [1.82, 2.24) is 4.90 Å². The number of ether oxygens (including phenoxy) is 1. The molecule has 1 aromatic rings. The molecule has 112 valence electrons. The standard InChI is InChI=1S/C14H18N4O3/c1-11(10-17-5-7-21-8-6-17)16-13-4-2-3-12(9-15)14(13)18(19)20/h2-4,11,16H,5-8,10H2,1H3. The molecule has 0 bridgehead atoms. The van der Waals surface area contributed by atoms with Crippen LogP contribution in [0, 0.1) is 21.4 Å². The number of nitro groups is 1. The number of nitro benzene ring substituents is 1. The molecule has 2 rings (SSSR count). The van der Waals surface area contributed by atoms with Gasteiger partial charge in [-0.1, -0.05) is 6.07 Å². The highest BCUT2D eigenvalue weighted by atomic mass is 16.6. The average molecular weight is 290 g/mol. The van der Waals surface area contributed by atoms with Crippen molar-refractivity contribution in [3.63, 3.8) is 0 Å². The smallest absolute Gasteiger partial charge is 0.309 e. The van der Waals surface area contributed by atoms with Crippen molar-refractivity contribution in [2.24, 2.45) is 0 Å². The molecule has 0 aromatic heterocycles. The summed E-state index contributed by atoms with van der Waals surface area (Å²) in [5, 5.41) is 23.3. The number of para-hydroxylation sites is 1. The Morgan fingerprint density at radius 1 is 1.52 bits per heavy atom. The zero-order valence-corrected chi connectivity index (χ0v) is 11.9. The summed E-state index contributed by atoms with van der Waals surface area (Å²) < 4.78 is 5.29. The molecule has 0 radical (unpaired) electrons. The Labute approximate surface area is 123 Å². The van der Waals surface area contributed by atoms with Gasteiger partial charge in [-0.25, -0.2) is 0 Å². The van der Waals surface area contributed by atoms with Crippen molar-refractivity contribution in [3.8, 4) is 6.07 Å². The monoisotopic (exact) mass is 290 g/mol. The normalized spacial score (nSPS) is 17.0. The molecule has 21 heavy (non-hydrogen) atoms. The average Bonchev–Trinajstić information content (AvgIpc) is 2.47. The van der Waals surface area contributed by atoms with Crippen molar-refractivity contribution >= 4 is 11.4 Å². The van der Waals surface area contributed by atoms with E-state index in [1.807, 2.05) is 13.0 Å². The van der Waals surface area contributed by atoms with Crippen molar-refractivity contribution in [3.05, 3.63) is 33.9 Å². The molecule has 1 aliphatic heterocycles. The van der Waals surface area contributed by atoms with Gasteiger partial charge in [-0.15, -0.1) is 0 Å². The zero-order valence-electron chi connectivity index (χ0n) is 11.9. The molecule has 7 nitrogen and oxygen atoms in total. The quantitative estimate of drug-likeness (QED) is 0.654. The predicted molar refractivity (Wildman–Crippen MR) is 78.2 cm³/mol. The molecule has 0 saturated carbocycles. The molecule has 7 heteroatoms. The fourth-order valence-corrected chi connectivity index (χ4v) is 2.43. The number of nitrogens with zero attached hydrogens (tertiary/aromatic N) is 3. The lowest BCUT2D eigenvalue weighted by molar-refractivity contribution is -0.384. The van der Waals surface area contributed by atoms with Crippen LogP contribution in [-0.2, 0) is 4.74 Å². The van der Waals surface area contributed by atoms with Crippen LogP contribution in [0.3, 0.4) is 0 Å². The van der Waals surface area contributed by atoms with Gasteiger partial charge in [0.2, 0.25) is 0 Å². The minimum atomic E-state index is -0.512. The second-order valence-corrected chi connectivity index (χ2v) is 5.03. The first kappa shape index (κ1) is 15.2. The van der Waals surface area contributed by atoms with E-state index in [9.17, 15) is 10.1 Å². The highest BCUT2D eigenvalue weighted by Gasteiger charge is 2.21. The summed E-state index contributed by atoms with van der Waals surface area (Å²) in [6, 6.07) is 6.64. The molecule has 1 fully saturated rings. The predicted octanol–water partition coefficient (Wildman–Crippen LogP) is 1.60. The lowest BCUT2D eigenvalue weighted by Crippen LogP contribution is -2.42. The number of anilines is 1. The van der Waals surface area contributed by atoms with Gasteiger partial charge in [0, 0.05) is 25.7 Å². The summed E-state index contributed by atoms with van der Waals surface area (Å²) in [6.45, 7) is 5.92. The van der Waals surface area contributed by atoms with E-state index in [4.69, 9.17) is 10.00 Å². The fraction of sp³-hybridized carbons (Fsp3) is 0.500. The van der Waals surface area contributed by atoms with Crippen molar-refractivity contribution in [2.75, 3.05) is 38.2 Å². The van der Waals surface area contributed by atoms with Gasteiger partial charge >= 0.3 is 5.69 Å². The van der Waals surface area contributed by atoms with E-state index in [0.29, 0.717) is 5.69 Å². The molecule has 1 heterocycles. The third kappa shape index (κ3) is 3.90. The van der Waals surface area contributed by atoms with Crippen molar-refractivity contribution in [1.29, 1.82) is 5.26 Å². The first-order valence-electron chi connectivity index (χ1n) is 6.86. The summed E-state index contributed by atoms with van der Waals surface area (Å²) in [6.07, 6.45) is 0. The SMILES string of the molecule is CC(CN1CCOCC1)Nc1cccc(C#N)c1[N+](=O)[O-]. The maximum Gasteiger partial charge on any atom is 0.309 e. The van der Waals surface area contributed by atoms with E-state index in [-0.39, 0.29) is 17.3 Å². The molecule has 0 amide bonds. The van der Waals surface area contributed by atoms with Gasteiger partial charge in [0.1, 0.15) is 17.3 Å². The van der Waals surface area contributed by atoms with Crippen LogP contribution in [-0.4, -0.2) is 48.7 Å². The van der Waals surface area contributed by atoms with Crippen LogP contribution in [0.15, 0.2) is 18.2 Å². The number of nitrogens with one attached hydrogen (secondary N) is 1. The molecule has 1 aromatic carbocycles. The molecule has 1 atom stereocenters. The Kier molecular flexibility index (Phi) is 5.09. The van der Waals surface area contributed by atoms with E-state index in [1.165, 1.54) is 6.07 Å². The fourth-order valence-electron chi connectivity index (χ4n) is 2.43. The largest absolute Gasteiger partial charge is 0.379 e. The van der Waals surface area contributed by atoms with Crippen LogP contribution < -0.4 is 5.32 Å². The molecule has 1 N–H and O–H groups in total. The van der Waals surface area contributed by atoms with Gasteiger partial charge < -0.3 is 10.1 Å². The molecule has 1 saturated heterocycles. The number of hydrogen-bond donors (Lipinski definition) is 1. The van der Waals surface area contributed by atoms with E-state index in [1.54, 1.807) is 12.1 Å². The van der Waals surface area contributed by atoms with Gasteiger partial charge in [-0.2, -0.15) is 5.26 Å². The van der Waals surface area contributed by atoms with E-state index in [0.717, 1.165) is 32.8 Å². The number of hydrogen-bond acceptors (Lipinski definition) is 6. The third-order valence-electron chi connectivity index (χ3n) is 3.38. The van der Waals surface area contributed by atoms with E-state index < -0.39 is 4.92 Å². The number of morpholine rings is 1. The van der Waals surface area contributed by atoms with Gasteiger partial charge in [0.15, 0.2) is 0 Å². The van der Waals surface area contributed by atoms with Gasteiger partial charge in [-0.05, 0) is 19.1 Å². The number of nitriles is 1. The third-order valence-corrected chi connectivity index (χ3v) is 3.38. The topological polar surface area (TPSA) is 91.4 Å².